The lowest BCUT2D eigenvalue weighted by molar-refractivity contribution is -0.969. The second-order valence-electron chi connectivity index (χ2n) is 4.17. The van der Waals surface area contributed by atoms with Crippen molar-refractivity contribution in [1.82, 2.24) is 5.43 Å². The predicted octanol–water partition coefficient (Wildman–Crippen LogP) is 1.93. The van der Waals surface area contributed by atoms with Gasteiger partial charge in [0.1, 0.15) is 6.54 Å². The molecule has 0 unspecified atom stereocenters. The summed E-state index contributed by atoms with van der Waals surface area (Å²) in [5, 5.41) is 0. The van der Waals surface area contributed by atoms with E-state index in [9.17, 15) is 0 Å². The van der Waals surface area contributed by atoms with E-state index in [-0.39, 0.29) is 0 Å². The summed E-state index contributed by atoms with van der Waals surface area (Å²) in [5.74, 6) is 0. The van der Waals surface area contributed by atoms with Crippen LogP contribution in [0.5, 0.6) is 0 Å². The van der Waals surface area contributed by atoms with Crippen molar-refractivity contribution in [2.75, 3.05) is 20.1 Å². The molecule has 1 aliphatic heterocycles. The van der Waals surface area contributed by atoms with Crippen LogP contribution >= 0.6 is 0 Å². The Hall–Kier alpha value is -0.860. The summed E-state index contributed by atoms with van der Waals surface area (Å²) in [6, 6.07) is 10.8. The van der Waals surface area contributed by atoms with Gasteiger partial charge in [-0.3, -0.25) is 0 Å². The van der Waals surface area contributed by atoms with Gasteiger partial charge in [-0.05, 0) is 0 Å². The van der Waals surface area contributed by atoms with E-state index in [1.54, 1.807) is 0 Å². The van der Waals surface area contributed by atoms with Gasteiger partial charge in [0, 0.05) is 25.5 Å². The van der Waals surface area contributed by atoms with Gasteiger partial charge >= 0.3 is 0 Å². The van der Waals surface area contributed by atoms with Crippen LogP contribution in [0.2, 0.25) is 0 Å². The molecule has 1 N–H and O–H groups in total. The average molecular weight is 191 g/mol. The number of quaternary nitrogens is 1. The number of nitrogens with zero attached hydrogens (tertiary/aromatic N) is 1. The summed E-state index contributed by atoms with van der Waals surface area (Å²) in [7, 11) is 2.08. The van der Waals surface area contributed by atoms with Crippen molar-refractivity contribution in [2.24, 2.45) is 0 Å². The minimum atomic E-state index is 1.06. The average Bonchev–Trinajstić information content (AvgIpc) is 2.69. The maximum Gasteiger partial charge on any atom is 0.122 e. The zero-order chi connectivity index (χ0) is 9.86. The third-order valence-corrected chi connectivity index (χ3v) is 3.22. The molecule has 0 saturated carbocycles. The largest absolute Gasteiger partial charge is 0.242 e. The summed E-state index contributed by atoms with van der Waals surface area (Å²) < 4.78 is 1.06. The van der Waals surface area contributed by atoms with Crippen LogP contribution in [0, 0.1) is 0 Å². The molecule has 0 aromatic heterocycles. The molecule has 1 aromatic carbocycles. The Balaban J connectivity index is 2.08. The van der Waals surface area contributed by atoms with E-state index in [2.05, 4.69) is 42.8 Å². The SMILES string of the molecule is CN[N+]1(Cc2ccccc2)CCCC1. The lowest BCUT2D eigenvalue weighted by Gasteiger charge is -2.32. The van der Waals surface area contributed by atoms with Gasteiger partial charge in [-0.2, -0.15) is 5.43 Å². The number of benzene rings is 1. The molecule has 1 aromatic rings. The van der Waals surface area contributed by atoms with Crippen LogP contribution in [-0.2, 0) is 6.54 Å². The van der Waals surface area contributed by atoms with Crippen molar-refractivity contribution >= 4 is 0 Å². The number of hydrogen-bond donors (Lipinski definition) is 1. The highest BCUT2D eigenvalue weighted by molar-refractivity contribution is 5.13. The first-order valence-corrected chi connectivity index (χ1v) is 5.44. The molecule has 0 radical (unpaired) electrons. The molecule has 1 heterocycles. The minimum Gasteiger partial charge on any atom is -0.242 e. The van der Waals surface area contributed by atoms with Crippen LogP contribution < -0.4 is 5.43 Å². The van der Waals surface area contributed by atoms with Crippen molar-refractivity contribution in [3.8, 4) is 0 Å². The van der Waals surface area contributed by atoms with E-state index in [0.29, 0.717) is 0 Å². The fourth-order valence-electron chi connectivity index (χ4n) is 2.33. The topological polar surface area (TPSA) is 12.0 Å². The first kappa shape index (κ1) is 9.69. The van der Waals surface area contributed by atoms with Crippen molar-refractivity contribution < 1.29 is 4.59 Å². The van der Waals surface area contributed by atoms with E-state index in [1.165, 1.54) is 31.5 Å². The Morgan fingerprint density at radius 1 is 1.14 bits per heavy atom. The van der Waals surface area contributed by atoms with E-state index in [1.807, 2.05) is 0 Å². The molecule has 1 aliphatic rings. The van der Waals surface area contributed by atoms with Gasteiger partial charge in [0.2, 0.25) is 0 Å². The van der Waals surface area contributed by atoms with Gasteiger partial charge in [0.05, 0.1) is 13.1 Å². The van der Waals surface area contributed by atoms with Crippen molar-refractivity contribution in [2.45, 2.75) is 19.4 Å². The molecule has 2 heteroatoms. The Morgan fingerprint density at radius 2 is 1.79 bits per heavy atom. The first-order valence-electron chi connectivity index (χ1n) is 5.44. The third kappa shape index (κ3) is 1.97. The Morgan fingerprint density at radius 3 is 2.36 bits per heavy atom. The van der Waals surface area contributed by atoms with Crippen LogP contribution in [0.4, 0.5) is 0 Å². The van der Waals surface area contributed by atoms with Gasteiger partial charge in [0.15, 0.2) is 0 Å². The maximum atomic E-state index is 3.46. The van der Waals surface area contributed by atoms with Gasteiger partial charge < -0.3 is 0 Å². The zero-order valence-electron chi connectivity index (χ0n) is 8.87. The summed E-state index contributed by atoms with van der Waals surface area (Å²) in [6.45, 7) is 3.66. The second kappa shape index (κ2) is 4.11. The lowest BCUT2D eigenvalue weighted by Crippen LogP contribution is -2.53. The summed E-state index contributed by atoms with van der Waals surface area (Å²) in [6.07, 6.45) is 2.71. The lowest BCUT2D eigenvalue weighted by atomic mass is 10.2. The van der Waals surface area contributed by atoms with Crippen LogP contribution in [0.15, 0.2) is 30.3 Å². The van der Waals surface area contributed by atoms with Crippen molar-refractivity contribution in [3.05, 3.63) is 35.9 Å². The van der Waals surface area contributed by atoms with Gasteiger partial charge in [-0.25, -0.2) is 4.59 Å². The smallest absolute Gasteiger partial charge is 0.122 e. The fourth-order valence-corrected chi connectivity index (χ4v) is 2.33. The van der Waals surface area contributed by atoms with Crippen LogP contribution in [0.3, 0.4) is 0 Å². The van der Waals surface area contributed by atoms with E-state index in [4.69, 9.17) is 0 Å². The quantitative estimate of drug-likeness (QED) is 0.720. The minimum absolute atomic E-state index is 1.06. The molecule has 0 atom stereocenters. The van der Waals surface area contributed by atoms with Gasteiger partial charge in [0.25, 0.3) is 0 Å². The second-order valence-corrected chi connectivity index (χ2v) is 4.17. The maximum absolute atomic E-state index is 3.46. The molecular weight excluding hydrogens is 172 g/mol. The highest BCUT2D eigenvalue weighted by Gasteiger charge is 2.30. The molecule has 76 valence electrons. The van der Waals surface area contributed by atoms with E-state index >= 15 is 0 Å². The van der Waals surface area contributed by atoms with E-state index < -0.39 is 0 Å². The third-order valence-electron chi connectivity index (χ3n) is 3.22. The monoisotopic (exact) mass is 191 g/mol. The van der Waals surface area contributed by atoms with Crippen molar-refractivity contribution in [3.63, 3.8) is 0 Å². The van der Waals surface area contributed by atoms with Gasteiger partial charge in [-0.1, -0.05) is 30.3 Å². The molecule has 1 fully saturated rings. The zero-order valence-corrected chi connectivity index (χ0v) is 8.87. The number of likely N-dealkylation sites (tertiary alicyclic amines) is 1. The van der Waals surface area contributed by atoms with Crippen LogP contribution in [-0.4, -0.2) is 24.7 Å². The number of nitrogens with one attached hydrogen (secondary N) is 1. The summed E-state index contributed by atoms with van der Waals surface area (Å²) in [5.41, 5.74) is 4.90. The molecule has 1 saturated heterocycles. The molecular formula is C12H19N2+. The molecule has 14 heavy (non-hydrogen) atoms. The highest BCUT2D eigenvalue weighted by atomic mass is 15.7. The Labute approximate surface area is 86.1 Å². The molecule has 0 spiro atoms. The summed E-state index contributed by atoms with van der Waals surface area (Å²) in [4.78, 5) is 0. The summed E-state index contributed by atoms with van der Waals surface area (Å²) >= 11 is 0. The Kier molecular flexibility index (Phi) is 2.85. The van der Waals surface area contributed by atoms with Crippen LogP contribution in [0.1, 0.15) is 18.4 Å². The van der Waals surface area contributed by atoms with Crippen LogP contribution in [0.25, 0.3) is 0 Å². The van der Waals surface area contributed by atoms with E-state index in [0.717, 1.165) is 11.1 Å². The Bertz CT molecular complexity index is 276. The fraction of sp³-hybridized carbons (Fsp3) is 0.500. The van der Waals surface area contributed by atoms with Gasteiger partial charge in [-0.15, -0.1) is 0 Å². The molecule has 0 amide bonds. The molecule has 2 rings (SSSR count). The molecule has 2 nitrogen and oxygen atoms in total. The highest BCUT2D eigenvalue weighted by Crippen LogP contribution is 2.19. The first-order chi connectivity index (χ1) is 6.85. The number of hydrogen-bond acceptors (Lipinski definition) is 1. The number of rotatable bonds is 3. The van der Waals surface area contributed by atoms with Crippen molar-refractivity contribution in [1.29, 1.82) is 0 Å². The normalized spacial score (nSPS) is 19.8. The predicted molar refractivity (Wildman–Crippen MR) is 58.4 cm³/mol. The standard InChI is InChI=1S/C12H19N2/c1-13-14(9-5-6-10-14)11-12-7-3-2-4-8-12/h2-4,7-8,13H,5-6,9-11H2,1H3/q+1. The molecule has 0 aliphatic carbocycles. The molecule has 0 bridgehead atoms.